The summed E-state index contributed by atoms with van der Waals surface area (Å²) in [6.45, 7) is 3.30. The third-order valence-corrected chi connectivity index (χ3v) is 5.00. The van der Waals surface area contributed by atoms with Crippen LogP contribution in [0.1, 0.15) is 18.6 Å². The van der Waals surface area contributed by atoms with Gasteiger partial charge >= 0.3 is 5.97 Å². The predicted molar refractivity (Wildman–Crippen MR) is 111 cm³/mol. The summed E-state index contributed by atoms with van der Waals surface area (Å²) in [6, 6.07) is 16.7. The van der Waals surface area contributed by atoms with E-state index in [-0.39, 0.29) is 18.4 Å². The maximum Gasteiger partial charge on any atom is 0.351 e. The molecule has 5 rings (SSSR count). The lowest BCUT2D eigenvalue weighted by atomic mass is 10.1. The zero-order valence-corrected chi connectivity index (χ0v) is 17.3. The highest BCUT2D eigenvalue weighted by atomic mass is 16.6. The molecule has 32 heavy (non-hydrogen) atoms. The van der Waals surface area contributed by atoms with Gasteiger partial charge in [-0.1, -0.05) is 47.6 Å². The van der Waals surface area contributed by atoms with Crippen molar-refractivity contribution < 1.29 is 27.9 Å². The summed E-state index contributed by atoms with van der Waals surface area (Å²) in [5, 5.41) is 12.2. The second-order valence-electron chi connectivity index (χ2n) is 7.25. The summed E-state index contributed by atoms with van der Waals surface area (Å²) >= 11 is 0. The van der Waals surface area contributed by atoms with Gasteiger partial charge in [-0.2, -0.15) is 0 Å². The molecular formula is C23H19N3O6. The molecule has 0 bridgehead atoms. The van der Waals surface area contributed by atoms with Gasteiger partial charge in [-0.3, -0.25) is 0 Å². The summed E-state index contributed by atoms with van der Waals surface area (Å²) in [7, 11) is 0. The fourth-order valence-corrected chi connectivity index (χ4v) is 3.42. The maximum absolute atomic E-state index is 12.6. The molecule has 9 nitrogen and oxygen atoms in total. The number of carbonyl (C=O) groups is 1. The average molecular weight is 433 g/mol. The molecule has 162 valence electrons. The number of aromatic nitrogens is 3. The Bertz CT molecular complexity index is 1250. The molecule has 2 atom stereocenters. The van der Waals surface area contributed by atoms with Crippen molar-refractivity contribution in [2.24, 2.45) is 0 Å². The molecule has 9 heteroatoms. The molecule has 1 aliphatic heterocycles. The Balaban J connectivity index is 1.29. The van der Waals surface area contributed by atoms with Gasteiger partial charge in [0.05, 0.1) is 0 Å². The van der Waals surface area contributed by atoms with Crippen LogP contribution in [0.3, 0.4) is 0 Å². The molecule has 4 aromatic rings. The van der Waals surface area contributed by atoms with Crippen molar-refractivity contribution in [2.45, 2.75) is 32.7 Å². The zero-order chi connectivity index (χ0) is 22.1. The Morgan fingerprint density at radius 2 is 1.72 bits per heavy atom. The van der Waals surface area contributed by atoms with E-state index in [0.29, 0.717) is 28.5 Å². The van der Waals surface area contributed by atoms with E-state index in [1.807, 2.05) is 36.4 Å². The van der Waals surface area contributed by atoms with Crippen LogP contribution < -0.4 is 9.47 Å². The molecule has 0 N–H and O–H groups in total. The van der Waals surface area contributed by atoms with Crippen molar-refractivity contribution in [1.29, 1.82) is 0 Å². The van der Waals surface area contributed by atoms with E-state index in [1.165, 1.54) is 0 Å². The molecule has 2 aromatic heterocycles. The first-order chi connectivity index (χ1) is 15.6. The minimum atomic E-state index is -0.905. The largest absolute Gasteiger partial charge is 0.482 e. The summed E-state index contributed by atoms with van der Waals surface area (Å²) in [4.78, 5) is 12.6. The molecule has 3 heterocycles. The lowest BCUT2D eigenvalue weighted by Crippen LogP contribution is -2.44. The normalized spacial score (nSPS) is 17.2. The quantitative estimate of drug-likeness (QED) is 0.432. The Labute approximate surface area is 182 Å². The van der Waals surface area contributed by atoms with E-state index in [4.69, 9.17) is 23.2 Å². The van der Waals surface area contributed by atoms with Crippen molar-refractivity contribution >= 4 is 5.97 Å². The summed E-state index contributed by atoms with van der Waals surface area (Å²) < 4.78 is 27.9. The number of hydrogen-bond acceptors (Lipinski definition) is 9. The number of benzene rings is 2. The standard InChI is InChI=1S/C23H19N3O6/c1-13-19(20(26-32-13)15-8-4-3-5-9-15)22-25-24-18(31-22)12-28-23(27)21-14(2)29-16-10-6-7-11-17(16)30-21/h3-11,14,21H,12H2,1-2H3/t14-,21+/m0/s1. The predicted octanol–water partition coefficient (Wildman–Crippen LogP) is 3.97. The van der Waals surface area contributed by atoms with Crippen molar-refractivity contribution in [1.82, 2.24) is 15.4 Å². The second-order valence-corrected chi connectivity index (χ2v) is 7.25. The average Bonchev–Trinajstić information content (AvgIpc) is 3.43. The topological polar surface area (TPSA) is 110 Å². The summed E-state index contributed by atoms with van der Waals surface area (Å²) in [6.07, 6.45) is -1.42. The molecule has 0 spiro atoms. The molecule has 0 saturated heterocycles. The Morgan fingerprint density at radius 1 is 1.00 bits per heavy atom. The lowest BCUT2D eigenvalue weighted by Gasteiger charge is -2.30. The van der Waals surface area contributed by atoms with Crippen LogP contribution >= 0.6 is 0 Å². The molecule has 0 radical (unpaired) electrons. The van der Waals surface area contributed by atoms with E-state index < -0.39 is 18.2 Å². The van der Waals surface area contributed by atoms with Crippen LogP contribution in [0.2, 0.25) is 0 Å². The first kappa shape index (κ1) is 19.8. The van der Waals surface area contributed by atoms with Crippen LogP contribution in [-0.4, -0.2) is 33.5 Å². The Kier molecular flexibility index (Phi) is 5.06. The SMILES string of the molecule is Cc1onc(-c2ccccc2)c1-c1nnc(COC(=O)[C@@H]2Oc3ccccc3O[C@H]2C)o1. The van der Waals surface area contributed by atoms with Gasteiger partial charge in [0.2, 0.25) is 6.10 Å². The Hall–Kier alpha value is -4.14. The highest BCUT2D eigenvalue weighted by Crippen LogP contribution is 2.35. The monoisotopic (exact) mass is 433 g/mol. The van der Waals surface area contributed by atoms with Crippen molar-refractivity contribution in [2.75, 3.05) is 0 Å². The molecule has 0 unspecified atom stereocenters. The number of nitrogens with zero attached hydrogens (tertiary/aromatic N) is 3. The molecule has 0 amide bonds. The van der Waals surface area contributed by atoms with Crippen LogP contribution in [0.4, 0.5) is 0 Å². The second kappa shape index (κ2) is 8.18. The van der Waals surface area contributed by atoms with Gasteiger partial charge in [0, 0.05) is 5.56 Å². The third-order valence-electron chi connectivity index (χ3n) is 5.00. The van der Waals surface area contributed by atoms with Crippen LogP contribution in [0, 0.1) is 6.92 Å². The molecule has 0 saturated carbocycles. The highest BCUT2D eigenvalue weighted by molar-refractivity contribution is 5.78. The fourth-order valence-electron chi connectivity index (χ4n) is 3.42. The van der Waals surface area contributed by atoms with Gasteiger partial charge in [-0.25, -0.2) is 4.79 Å². The first-order valence-electron chi connectivity index (χ1n) is 10.0. The van der Waals surface area contributed by atoms with E-state index in [9.17, 15) is 4.79 Å². The van der Waals surface area contributed by atoms with Gasteiger partial charge in [-0.15, -0.1) is 10.2 Å². The van der Waals surface area contributed by atoms with Gasteiger partial charge in [-0.05, 0) is 26.0 Å². The maximum atomic E-state index is 12.6. The van der Waals surface area contributed by atoms with Gasteiger partial charge in [0.15, 0.2) is 18.1 Å². The molecule has 2 aromatic carbocycles. The number of fused-ring (bicyclic) bond motifs is 1. The lowest BCUT2D eigenvalue weighted by molar-refractivity contribution is -0.159. The third kappa shape index (κ3) is 3.68. The Morgan fingerprint density at radius 3 is 2.50 bits per heavy atom. The molecule has 1 aliphatic rings. The molecule has 0 aliphatic carbocycles. The van der Waals surface area contributed by atoms with Crippen molar-refractivity contribution in [3.05, 3.63) is 66.2 Å². The van der Waals surface area contributed by atoms with Crippen molar-refractivity contribution in [3.8, 4) is 34.2 Å². The number of rotatable bonds is 5. The van der Waals surface area contributed by atoms with Crippen LogP contribution in [0.25, 0.3) is 22.7 Å². The number of hydrogen-bond donors (Lipinski definition) is 0. The number of ether oxygens (including phenoxy) is 3. The minimum Gasteiger partial charge on any atom is -0.482 e. The van der Waals surface area contributed by atoms with Crippen molar-refractivity contribution in [3.63, 3.8) is 0 Å². The summed E-state index contributed by atoms with van der Waals surface area (Å²) in [5.41, 5.74) is 2.04. The van der Waals surface area contributed by atoms with E-state index in [2.05, 4.69) is 15.4 Å². The molecule has 0 fully saturated rings. The van der Waals surface area contributed by atoms with Gasteiger partial charge in [0.1, 0.15) is 23.1 Å². The smallest absolute Gasteiger partial charge is 0.351 e. The van der Waals surface area contributed by atoms with E-state index in [1.54, 1.807) is 32.0 Å². The first-order valence-corrected chi connectivity index (χ1v) is 10.0. The van der Waals surface area contributed by atoms with Crippen LogP contribution in [-0.2, 0) is 16.1 Å². The highest BCUT2D eigenvalue weighted by Gasteiger charge is 2.35. The van der Waals surface area contributed by atoms with Crippen LogP contribution in [0.5, 0.6) is 11.5 Å². The number of esters is 1. The van der Waals surface area contributed by atoms with Crippen LogP contribution in [0.15, 0.2) is 63.5 Å². The van der Waals surface area contributed by atoms with Gasteiger partial charge in [0.25, 0.3) is 11.8 Å². The zero-order valence-electron chi connectivity index (χ0n) is 17.3. The number of carbonyl (C=O) groups excluding carboxylic acids is 1. The van der Waals surface area contributed by atoms with Gasteiger partial charge < -0.3 is 23.2 Å². The molecular weight excluding hydrogens is 414 g/mol. The summed E-state index contributed by atoms with van der Waals surface area (Å²) in [5.74, 6) is 1.40. The number of para-hydroxylation sites is 2. The van der Waals surface area contributed by atoms with E-state index in [0.717, 1.165) is 5.56 Å². The van der Waals surface area contributed by atoms with E-state index >= 15 is 0 Å². The minimum absolute atomic E-state index is 0.137. The number of aryl methyl sites for hydroxylation is 1. The fraction of sp³-hybridized carbons (Fsp3) is 0.217.